The molecule has 1 unspecified atom stereocenters. The van der Waals surface area contributed by atoms with Gasteiger partial charge in [0.1, 0.15) is 10.1 Å². The summed E-state index contributed by atoms with van der Waals surface area (Å²) >= 11 is 5.31. The number of oxime groups is 1. The Bertz CT molecular complexity index is 606. The van der Waals surface area contributed by atoms with E-state index in [1.165, 1.54) is 5.38 Å². The van der Waals surface area contributed by atoms with Gasteiger partial charge in [-0.2, -0.15) is 0 Å². The zero-order chi connectivity index (χ0) is 14.7. The first-order valence-electron chi connectivity index (χ1n) is 5.22. The fourth-order valence-corrected chi connectivity index (χ4v) is 3.53. The molecule has 0 bridgehead atoms. The van der Waals surface area contributed by atoms with Crippen molar-refractivity contribution in [3.63, 3.8) is 0 Å². The number of nitrogens with two attached hydrogens (primary N) is 1. The summed E-state index contributed by atoms with van der Waals surface area (Å²) in [6.45, 7) is 1.81. The number of aromatic nitrogens is 1. The van der Waals surface area contributed by atoms with Crippen molar-refractivity contribution in [2.75, 3.05) is 11.7 Å². The lowest BCUT2D eigenvalue weighted by Crippen LogP contribution is -2.16. The summed E-state index contributed by atoms with van der Waals surface area (Å²) < 4.78 is 0.572. The lowest BCUT2D eigenvalue weighted by Gasteiger charge is -2.12. The molecule has 20 heavy (non-hydrogen) atoms. The van der Waals surface area contributed by atoms with E-state index in [0.29, 0.717) is 4.38 Å². The lowest BCUT2D eigenvalue weighted by molar-refractivity contribution is -0.129. The average Bonchev–Trinajstić information content (AvgIpc) is 2.93. The van der Waals surface area contributed by atoms with Crippen LogP contribution in [0.25, 0.3) is 0 Å². The van der Waals surface area contributed by atoms with Crippen molar-refractivity contribution in [1.29, 1.82) is 0 Å². The third-order valence-electron chi connectivity index (χ3n) is 2.23. The van der Waals surface area contributed by atoms with Crippen molar-refractivity contribution in [3.05, 3.63) is 11.1 Å². The number of anilines is 1. The van der Waals surface area contributed by atoms with E-state index in [2.05, 4.69) is 33.0 Å². The van der Waals surface area contributed by atoms with Crippen LogP contribution < -0.4 is 5.73 Å². The van der Waals surface area contributed by atoms with Crippen LogP contribution >= 0.6 is 34.9 Å². The smallest absolute Gasteiger partial charge is 0.360 e. The predicted octanol–water partition coefficient (Wildman–Crippen LogP) is 1.12. The van der Waals surface area contributed by atoms with E-state index in [1.807, 2.05) is 6.92 Å². The van der Waals surface area contributed by atoms with E-state index in [9.17, 15) is 4.79 Å². The summed E-state index contributed by atoms with van der Waals surface area (Å²) in [5.41, 5.74) is 5.34. The first-order chi connectivity index (χ1) is 9.49. The summed E-state index contributed by atoms with van der Waals surface area (Å²) in [5.74, 6) is -1.07. The Labute approximate surface area is 126 Å². The van der Waals surface area contributed by atoms with Gasteiger partial charge in [-0.1, -0.05) is 5.16 Å². The van der Waals surface area contributed by atoms with Gasteiger partial charge in [-0.25, -0.2) is 9.78 Å². The number of carboxylic acid groups (broad SMARTS) is 1. The normalized spacial score (nSPS) is 20.5. The van der Waals surface area contributed by atoms with Crippen molar-refractivity contribution in [2.45, 2.75) is 6.92 Å². The molecule has 2 heterocycles. The van der Waals surface area contributed by atoms with Gasteiger partial charge in [0.25, 0.3) is 0 Å². The molecule has 11 heteroatoms. The Morgan fingerprint density at radius 2 is 2.40 bits per heavy atom. The number of carboxylic acids is 1. The molecule has 1 atom stereocenters. The van der Waals surface area contributed by atoms with Crippen molar-refractivity contribution in [3.8, 4) is 0 Å². The maximum absolute atomic E-state index is 11.1. The van der Waals surface area contributed by atoms with E-state index in [4.69, 9.17) is 15.7 Å². The summed E-state index contributed by atoms with van der Waals surface area (Å²) in [7, 11) is -0.882. The number of hydrogen-bond acceptors (Lipinski definition) is 8. The Morgan fingerprint density at radius 1 is 1.65 bits per heavy atom. The van der Waals surface area contributed by atoms with Gasteiger partial charge in [-0.05, 0) is 6.92 Å². The topological polar surface area (TPSA) is 123 Å². The van der Waals surface area contributed by atoms with E-state index in [0.717, 1.165) is 16.4 Å². The molecule has 1 aliphatic rings. The molecule has 0 spiro atoms. The standard InChI is InChI=1S/C9H11N5O3S3/c1-4-12-13-9(18)20(4)3-17-14-6(7(15)16)5-2-19-8(10)11-5/h2,20H,3H2,1H3,(H2,10,11)(H,13,18)(H,15,16)/b14-6-. The van der Waals surface area contributed by atoms with Gasteiger partial charge in [0, 0.05) is 5.38 Å². The molecule has 1 aliphatic heterocycles. The second-order valence-electron chi connectivity index (χ2n) is 3.55. The van der Waals surface area contributed by atoms with Gasteiger partial charge < -0.3 is 15.7 Å². The molecule has 1 aromatic heterocycles. The van der Waals surface area contributed by atoms with E-state index in [1.54, 1.807) is 0 Å². The SMILES string of the molecule is CC1=NN=C(S)[SH]1CO/N=C(\C(=O)O)c1csc(N)n1. The van der Waals surface area contributed by atoms with Gasteiger partial charge in [-0.3, -0.25) is 0 Å². The van der Waals surface area contributed by atoms with Crippen molar-refractivity contribution in [1.82, 2.24) is 4.98 Å². The summed E-state index contributed by atoms with van der Waals surface area (Å²) in [6, 6.07) is 0. The van der Waals surface area contributed by atoms with Crippen molar-refractivity contribution >= 4 is 61.1 Å². The molecule has 0 aliphatic carbocycles. The molecule has 0 saturated heterocycles. The molecule has 0 fully saturated rings. The van der Waals surface area contributed by atoms with Gasteiger partial charge in [0.2, 0.25) is 5.71 Å². The minimum Gasteiger partial charge on any atom is -0.476 e. The van der Waals surface area contributed by atoms with Crippen LogP contribution in [0.5, 0.6) is 0 Å². The number of aliphatic carboxylic acids is 1. The number of thiazole rings is 1. The molecule has 1 aromatic rings. The zero-order valence-electron chi connectivity index (χ0n) is 10.2. The average molecular weight is 333 g/mol. The third-order valence-corrected chi connectivity index (χ3v) is 5.53. The van der Waals surface area contributed by atoms with Crippen LogP contribution in [-0.4, -0.2) is 37.1 Å². The highest BCUT2D eigenvalue weighted by Crippen LogP contribution is 2.35. The molecule has 0 amide bonds. The van der Waals surface area contributed by atoms with Crippen LogP contribution in [0.15, 0.2) is 20.7 Å². The fraction of sp³-hybridized carbons (Fsp3) is 0.222. The lowest BCUT2D eigenvalue weighted by atomic mass is 10.3. The third kappa shape index (κ3) is 3.29. The van der Waals surface area contributed by atoms with Crippen LogP contribution in [-0.2, 0) is 9.63 Å². The maximum atomic E-state index is 11.1. The number of nitrogens with zero attached hydrogens (tertiary/aromatic N) is 4. The highest BCUT2D eigenvalue weighted by molar-refractivity contribution is 8.51. The monoisotopic (exact) mass is 333 g/mol. The van der Waals surface area contributed by atoms with Gasteiger partial charge in [0.15, 0.2) is 11.1 Å². The number of nitrogen functional groups attached to an aromatic ring is 1. The predicted molar refractivity (Wildman–Crippen MR) is 85.2 cm³/mol. The van der Waals surface area contributed by atoms with Crippen LogP contribution in [0.1, 0.15) is 12.6 Å². The van der Waals surface area contributed by atoms with Gasteiger partial charge in [0.05, 0.1) is 5.04 Å². The van der Waals surface area contributed by atoms with Crippen LogP contribution in [0, 0.1) is 0 Å². The summed E-state index contributed by atoms with van der Waals surface area (Å²) in [6.07, 6.45) is 0. The first kappa shape index (κ1) is 14.8. The van der Waals surface area contributed by atoms with E-state index < -0.39 is 16.9 Å². The van der Waals surface area contributed by atoms with Crippen molar-refractivity contribution in [2.24, 2.45) is 15.4 Å². The molecule has 3 N–H and O–H groups in total. The van der Waals surface area contributed by atoms with E-state index in [-0.39, 0.29) is 22.5 Å². The van der Waals surface area contributed by atoms with Crippen LogP contribution in [0.2, 0.25) is 0 Å². The molecule has 8 nitrogen and oxygen atoms in total. The number of rotatable bonds is 5. The highest BCUT2D eigenvalue weighted by Gasteiger charge is 2.20. The van der Waals surface area contributed by atoms with Gasteiger partial charge >= 0.3 is 5.97 Å². The Morgan fingerprint density at radius 3 is 2.90 bits per heavy atom. The Kier molecular flexibility index (Phi) is 4.62. The largest absolute Gasteiger partial charge is 0.476 e. The van der Waals surface area contributed by atoms with Crippen molar-refractivity contribution < 1.29 is 14.7 Å². The first-order valence-corrected chi connectivity index (χ1v) is 8.07. The quantitative estimate of drug-likeness (QED) is 0.365. The summed E-state index contributed by atoms with van der Waals surface area (Å²) in [4.78, 5) is 20.1. The molecule has 0 saturated carbocycles. The Balaban J connectivity index is 2.06. The Hall–Kier alpha value is -1.59. The minimum absolute atomic E-state index is 0.170. The van der Waals surface area contributed by atoms with E-state index >= 15 is 0 Å². The highest BCUT2D eigenvalue weighted by atomic mass is 32.2. The van der Waals surface area contributed by atoms with Crippen LogP contribution in [0.3, 0.4) is 0 Å². The second-order valence-corrected chi connectivity index (χ2v) is 7.40. The molecular weight excluding hydrogens is 322 g/mol. The molecule has 0 aromatic carbocycles. The van der Waals surface area contributed by atoms with Gasteiger partial charge in [-0.15, -0.1) is 45.1 Å². The number of hydrogen-bond donors (Lipinski definition) is 4. The molecule has 0 radical (unpaired) electrons. The fourth-order valence-electron chi connectivity index (χ4n) is 1.26. The maximum Gasteiger partial charge on any atom is 0.360 e. The molecular formula is C9H11N5O3S3. The zero-order valence-corrected chi connectivity index (χ0v) is 12.8. The molecule has 108 valence electrons. The van der Waals surface area contributed by atoms with Crippen LogP contribution in [0.4, 0.5) is 5.13 Å². The number of thiol groups is 2. The minimum atomic E-state index is -1.24. The summed E-state index contributed by atoms with van der Waals surface area (Å²) in [5, 5.41) is 23.0. The second kappa shape index (κ2) is 6.24. The molecule has 2 rings (SSSR count). The number of carbonyl (C=O) groups is 1.